The van der Waals surface area contributed by atoms with Crippen LogP contribution in [-0.2, 0) is 0 Å². The molecule has 0 nitrogen and oxygen atoms in total. The summed E-state index contributed by atoms with van der Waals surface area (Å²) in [6, 6.07) is 0. The van der Waals surface area contributed by atoms with Crippen LogP contribution in [0.3, 0.4) is 0 Å². The predicted octanol–water partition coefficient (Wildman–Crippen LogP) is 1.58. The summed E-state index contributed by atoms with van der Waals surface area (Å²) < 4.78 is 0. The van der Waals surface area contributed by atoms with Crippen molar-refractivity contribution < 1.29 is 0 Å². The highest BCUT2D eigenvalue weighted by Crippen LogP contribution is 2.65. The molecule has 2 fully saturated rings. The van der Waals surface area contributed by atoms with Gasteiger partial charge in [0, 0.05) is 0 Å². The molecule has 3 atom stereocenters. The lowest BCUT2D eigenvalue weighted by Crippen LogP contribution is -2.02. The maximum atomic E-state index is 2.48. The second-order valence-electron chi connectivity index (χ2n) is 3.12. The van der Waals surface area contributed by atoms with E-state index in [1.807, 2.05) is 0 Å². The zero-order valence-corrected chi connectivity index (χ0v) is 4.22. The summed E-state index contributed by atoms with van der Waals surface area (Å²) in [5, 5.41) is 0. The average molecular weight is 92.1 g/mol. The van der Waals surface area contributed by atoms with Crippen LogP contribution in [0.5, 0.6) is 0 Å². The maximum absolute atomic E-state index is 2.48. The Morgan fingerprint density at radius 2 is 2.43 bits per heavy atom. The summed E-state index contributed by atoms with van der Waals surface area (Å²) in [6.45, 7) is 0. The highest BCUT2D eigenvalue weighted by molar-refractivity contribution is 5.36. The Labute approximate surface area is 43.2 Å². The first-order valence-electron chi connectivity index (χ1n) is 3.16. The van der Waals surface area contributed by atoms with Crippen molar-refractivity contribution in [2.75, 3.05) is 0 Å². The summed E-state index contributed by atoms with van der Waals surface area (Å²) >= 11 is 0. The molecule has 2 saturated carbocycles. The van der Waals surface area contributed by atoms with Crippen molar-refractivity contribution in [2.24, 2.45) is 17.8 Å². The minimum absolute atomic E-state index is 1.07. The van der Waals surface area contributed by atoms with E-state index in [0.717, 1.165) is 17.8 Å². The van der Waals surface area contributed by atoms with E-state index in [0.29, 0.717) is 0 Å². The summed E-state index contributed by atoms with van der Waals surface area (Å²) in [7, 11) is 0. The summed E-state index contributed by atoms with van der Waals surface area (Å²) in [6.07, 6.45) is 5.52. The molecule has 4 rings (SSSR count). The third kappa shape index (κ3) is 0.170. The Morgan fingerprint density at radius 3 is 2.57 bits per heavy atom. The SMILES string of the molecule is C1=C2C[C@H]1C1CC21. The summed E-state index contributed by atoms with van der Waals surface area (Å²) in [5.41, 5.74) is 1.80. The summed E-state index contributed by atoms with van der Waals surface area (Å²) in [4.78, 5) is 0. The van der Waals surface area contributed by atoms with Gasteiger partial charge in [0.05, 0.1) is 0 Å². The quantitative estimate of drug-likeness (QED) is 0.398. The minimum Gasteiger partial charge on any atom is -0.0813 e. The average Bonchev–Trinajstić information content (AvgIpc) is 2.10. The first-order valence-corrected chi connectivity index (χ1v) is 3.16. The van der Waals surface area contributed by atoms with Crippen LogP contribution in [0.1, 0.15) is 12.8 Å². The third-order valence-electron chi connectivity index (χ3n) is 2.77. The predicted molar refractivity (Wildman–Crippen MR) is 27.8 cm³/mol. The third-order valence-corrected chi connectivity index (χ3v) is 2.77. The largest absolute Gasteiger partial charge is 0.0813 e. The zero-order valence-electron chi connectivity index (χ0n) is 4.22. The van der Waals surface area contributed by atoms with Gasteiger partial charge in [0.1, 0.15) is 0 Å². The number of hydrogen-bond donors (Lipinski definition) is 0. The zero-order chi connectivity index (χ0) is 4.43. The molecule has 2 unspecified atom stereocenters. The van der Waals surface area contributed by atoms with Gasteiger partial charge in [0.25, 0.3) is 0 Å². The van der Waals surface area contributed by atoms with Gasteiger partial charge in [0.2, 0.25) is 0 Å². The fraction of sp³-hybridized carbons (Fsp3) is 0.714. The maximum Gasteiger partial charge on any atom is -0.0159 e. The van der Waals surface area contributed by atoms with Gasteiger partial charge in [0.15, 0.2) is 0 Å². The lowest BCUT2D eigenvalue weighted by Gasteiger charge is -2.15. The van der Waals surface area contributed by atoms with Crippen molar-refractivity contribution in [3.8, 4) is 0 Å². The molecule has 0 amide bonds. The van der Waals surface area contributed by atoms with Crippen molar-refractivity contribution >= 4 is 0 Å². The van der Waals surface area contributed by atoms with Crippen molar-refractivity contribution in [2.45, 2.75) is 12.8 Å². The second kappa shape index (κ2) is 0.594. The van der Waals surface area contributed by atoms with Crippen LogP contribution in [0.25, 0.3) is 0 Å². The van der Waals surface area contributed by atoms with Crippen LogP contribution in [0.2, 0.25) is 0 Å². The van der Waals surface area contributed by atoms with Crippen LogP contribution in [0.15, 0.2) is 11.6 Å². The molecule has 0 radical (unpaired) electrons. The lowest BCUT2D eigenvalue weighted by molar-refractivity contribution is 0.574. The van der Waals surface area contributed by atoms with E-state index in [2.05, 4.69) is 6.08 Å². The van der Waals surface area contributed by atoms with E-state index in [9.17, 15) is 0 Å². The topological polar surface area (TPSA) is 0 Å². The second-order valence-corrected chi connectivity index (χ2v) is 3.12. The Kier molecular flexibility index (Phi) is 0.247. The van der Waals surface area contributed by atoms with Crippen molar-refractivity contribution in [1.82, 2.24) is 0 Å². The Balaban J connectivity index is 2.24. The minimum atomic E-state index is 1.07. The molecule has 2 bridgehead atoms. The van der Waals surface area contributed by atoms with Crippen LogP contribution in [-0.4, -0.2) is 0 Å². The highest BCUT2D eigenvalue weighted by atomic mass is 14.6. The Hall–Kier alpha value is -0.260. The molecule has 0 saturated heterocycles. The molecule has 0 heterocycles. The first kappa shape index (κ1) is 2.91. The van der Waals surface area contributed by atoms with Crippen LogP contribution < -0.4 is 0 Å². The molecule has 4 aliphatic carbocycles. The fourth-order valence-electron chi connectivity index (χ4n) is 2.18. The number of rotatable bonds is 0. The van der Waals surface area contributed by atoms with Crippen molar-refractivity contribution in [3.63, 3.8) is 0 Å². The molecular weight excluding hydrogens is 84.1 g/mol. The highest BCUT2D eigenvalue weighted by Gasteiger charge is 2.55. The monoisotopic (exact) mass is 92.1 g/mol. The van der Waals surface area contributed by atoms with E-state index >= 15 is 0 Å². The molecule has 7 heavy (non-hydrogen) atoms. The Morgan fingerprint density at radius 1 is 1.57 bits per heavy atom. The normalized spacial score (nSPS) is 60.6. The standard InChI is InChI=1S/C7H8/c1-4-2-5(1)7-3-6(4)7/h1,4,6-7H,2-3H2/t4-,6?,7?/m0/s1. The van der Waals surface area contributed by atoms with Gasteiger partial charge in [-0.2, -0.15) is 0 Å². The molecule has 0 aromatic heterocycles. The number of allylic oxidation sites excluding steroid dienone is 2. The molecule has 0 spiro atoms. The van der Waals surface area contributed by atoms with E-state index < -0.39 is 0 Å². The van der Waals surface area contributed by atoms with Gasteiger partial charge in [-0.25, -0.2) is 0 Å². The molecule has 0 aromatic carbocycles. The van der Waals surface area contributed by atoms with Gasteiger partial charge >= 0.3 is 0 Å². The lowest BCUT2D eigenvalue weighted by atomic mass is 9.90. The molecule has 36 valence electrons. The van der Waals surface area contributed by atoms with Gasteiger partial charge in [-0.15, -0.1) is 0 Å². The van der Waals surface area contributed by atoms with Gasteiger partial charge in [-0.05, 0) is 30.6 Å². The van der Waals surface area contributed by atoms with Gasteiger partial charge < -0.3 is 0 Å². The van der Waals surface area contributed by atoms with Crippen molar-refractivity contribution in [1.29, 1.82) is 0 Å². The van der Waals surface area contributed by atoms with Crippen molar-refractivity contribution in [3.05, 3.63) is 11.6 Å². The van der Waals surface area contributed by atoms with Crippen LogP contribution in [0, 0.1) is 17.8 Å². The number of hydrogen-bond acceptors (Lipinski definition) is 0. The first-order chi connectivity index (χ1) is 3.45. The van der Waals surface area contributed by atoms with Crippen LogP contribution in [0.4, 0.5) is 0 Å². The fourth-order valence-corrected chi connectivity index (χ4v) is 2.18. The van der Waals surface area contributed by atoms with Crippen LogP contribution >= 0.6 is 0 Å². The molecule has 0 heteroatoms. The smallest absolute Gasteiger partial charge is 0.0159 e. The summed E-state index contributed by atoms with van der Waals surface area (Å²) in [5.74, 6) is 3.35. The van der Waals surface area contributed by atoms with Gasteiger partial charge in [-0.1, -0.05) is 11.6 Å². The molecule has 0 N–H and O–H groups in total. The van der Waals surface area contributed by atoms with E-state index in [-0.39, 0.29) is 0 Å². The molecular formula is C7H8. The van der Waals surface area contributed by atoms with E-state index in [1.165, 1.54) is 6.42 Å². The van der Waals surface area contributed by atoms with Gasteiger partial charge in [-0.3, -0.25) is 0 Å². The van der Waals surface area contributed by atoms with E-state index in [1.54, 1.807) is 12.0 Å². The molecule has 0 aromatic rings. The molecule has 0 aliphatic heterocycles. The van der Waals surface area contributed by atoms with E-state index in [4.69, 9.17) is 0 Å². The Bertz CT molecular complexity index is 153. The molecule has 4 aliphatic rings.